The maximum atomic E-state index is 5.02. The number of fused-ring (bicyclic) bond motifs is 1. The molecule has 7 aromatic rings. The Morgan fingerprint density at radius 1 is 0.710 bits per heavy atom. The van der Waals surface area contributed by atoms with Gasteiger partial charge < -0.3 is 0 Å². The Morgan fingerprint density at radius 3 is 2.23 bits per heavy atom. The van der Waals surface area contributed by atoms with Crippen LogP contribution in [0.1, 0.15) is 59.2 Å². The van der Waals surface area contributed by atoms with Crippen molar-refractivity contribution in [3.05, 3.63) is 252 Å². The second kappa shape index (κ2) is 18.4. The molecule has 3 heteroatoms. The molecular formula is C59H50N2S. The highest BCUT2D eigenvalue weighted by molar-refractivity contribution is 7.16. The molecule has 1 aliphatic heterocycles. The molecule has 2 unspecified atom stereocenters. The summed E-state index contributed by atoms with van der Waals surface area (Å²) < 4.78 is 1.22. The predicted molar refractivity (Wildman–Crippen MR) is 268 cm³/mol. The first-order valence-corrected chi connectivity index (χ1v) is 22.4. The van der Waals surface area contributed by atoms with Crippen LogP contribution in [-0.2, 0) is 5.66 Å². The first kappa shape index (κ1) is 40.5. The van der Waals surface area contributed by atoms with E-state index in [2.05, 4.69) is 225 Å². The monoisotopic (exact) mass is 818 g/mol. The van der Waals surface area contributed by atoms with Crippen molar-refractivity contribution in [2.75, 3.05) is 0 Å². The van der Waals surface area contributed by atoms with Gasteiger partial charge in [-0.15, -0.1) is 11.3 Å². The summed E-state index contributed by atoms with van der Waals surface area (Å²) >= 11 is 1.77. The van der Waals surface area contributed by atoms with E-state index < -0.39 is 5.66 Å². The summed E-state index contributed by atoms with van der Waals surface area (Å²) in [6.45, 7) is 8.42. The SMILES string of the molecule is C=C/C(=C\C=C/C)c1cccc(-c2ccc(-c3ccc4sccccc(C(NC5(c6ccccc6-c6ccccc6)C=N5)c5ccccc5)c(C)c4c3)c(C3=CCCC=C3)c2)c1. The molecule has 1 N–H and O–H groups in total. The fourth-order valence-corrected chi connectivity index (χ4v) is 9.44. The molecule has 2 nitrogen and oxygen atoms in total. The van der Waals surface area contributed by atoms with Gasteiger partial charge in [0.15, 0.2) is 5.66 Å². The average molecular weight is 819 g/mol. The second-order valence-corrected chi connectivity index (χ2v) is 16.8. The third kappa shape index (κ3) is 8.51. The number of hydrogen-bond acceptors (Lipinski definition) is 3. The van der Waals surface area contributed by atoms with Gasteiger partial charge in [-0.2, -0.15) is 0 Å². The van der Waals surface area contributed by atoms with Crippen molar-refractivity contribution in [3.8, 4) is 33.4 Å². The minimum Gasteiger partial charge on any atom is -0.274 e. The number of aryl methyl sites for hydroxylation is 1. The lowest BCUT2D eigenvalue weighted by molar-refractivity contribution is 0.485. The fraction of sp³-hybridized carbons (Fsp3) is 0.102. The van der Waals surface area contributed by atoms with Gasteiger partial charge in [-0.25, -0.2) is 0 Å². The van der Waals surface area contributed by atoms with Crippen molar-refractivity contribution in [1.29, 1.82) is 0 Å². The van der Waals surface area contributed by atoms with Crippen LogP contribution < -0.4 is 5.32 Å². The molecule has 0 saturated carbocycles. The zero-order valence-corrected chi connectivity index (χ0v) is 36.2. The molecule has 0 spiro atoms. The van der Waals surface area contributed by atoms with Gasteiger partial charge in [0.05, 0.1) is 6.04 Å². The van der Waals surface area contributed by atoms with Gasteiger partial charge >= 0.3 is 0 Å². The Labute approximate surface area is 370 Å². The van der Waals surface area contributed by atoms with E-state index >= 15 is 0 Å². The molecule has 62 heavy (non-hydrogen) atoms. The molecular weight excluding hydrogens is 769 g/mol. The predicted octanol–water partition coefficient (Wildman–Crippen LogP) is 15.8. The van der Waals surface area contributed by atoms with Crippen LogP contribution in [0, 0.1) is 6.92 Å². The van der Waals surface area contributed by atoms with Crippen LogP contribution in [0.4, 0.5) is 0 Å². The maximum Gasteiger partial charge on any atom is 0.173 e. The minimum absolute atomic E-state index is 0.163. The number of aliphatic imine (C=N–C) groups is 1. The van der Waals surface area contributed by atoms with E-state index in [9.17, 15) is 0 Å². The first-order chi connectivity index (χ1) is 30.5. The smallest absolute Gasteiger partial charge is 0.173 e. The molecule has 0 fully saturated rings. The van der Waals surface area contributed by atoms with Crippen LogP contribution in [0.25, 0.3) is 54.6 Å². The van der Waals surface area contributed by atoms with Gasteiger partial charge in [0.25, 0.3) is 0 Å². The van der Waals surface area contributed by atoms with Crippen molar-refractivity contribution in [1.82, 2.24) is 5.32 Å². The quantitative estimate of drug-likeness (QED) is 0.122. The van der Waals surface area contributed by atoms with Crippen LogP contribution in [-0.4, -0.2) is 6.21 Å². The van der Waals surface area contributed by atoms with Crippen molar-refractivity contribution < 1.29 is 0 Å². The third-order valence-corrected chi connectivity index (χ3v) is 12.9. The third-order valence-electron chi connectivity index (χ3n) is 11.9. The molecule has 2 aliphatic rings. The van der Waals surface area contributed by atoms with Gasteiger partial charge in [-0.1, -0.05) is 189 Å². The maximum absolute atomic E-state index is 5.02. The van der Waals surface area contributed by atoms with Crippen LogP contribution in [0.3, 0.4) is 0 Å². The molecule has 6 aromatic carbocycles. The Balaban J connectivity index is 1.18. The first-order valence-electron chi connectivity index (χ1n) is 21.5. The van der Waals surface area contributed by atoms with E-state index in [0.29, 0.717) is 0 Å². The highest BCUT2D eigenvalue weighted by Crippen LogP contribution is 2.43. The van der Waals surface area contributed by atoms with Crippen LogP contribution >= 0.6 is 11.3 Å². The zero-order chi connectivity index (χ0) is 42.3. The molecule has 0 saturated heterocycles. The number of rotatable bonds is 12. The second-order valence-electron chi connectivity index (χ2n) is 15.9. The van der Waals surface area contributed by atoms with Crippen molar-refractivity contribution >= 4 is 38.8 Å². The lowest BCUT2D eigenvalue weighted by atomic mass is 9.87. The number of nitrogens with zero attached hydrogens (tertiary/aromatic N) is 1. The average Bonchev–Trinajstić information content (AvgIpc) is 4.12. The molecule has 0 amide bonds. The molecule has 0 radical (unpaired) electrons. The standard InChI is InChI=1S/C59H50N2S/c1-4-6-21-43(5-2)47-28-20-29-48(38-47)49-33-35-52(55(39-49)45-24-12-8-13-25-45)50-34-36-57-54(40-50)42(3)51(30-18-19-37-62-57)58(46-26-14-9-15-27-46)61-59(41-60-59)56-32-17-16-31-53(56)44-22-10-7-11-23-44/h4-7,9-12,14-41,58,61H,2,8,13H2,1,3H3/b6-4-,30-18?,37-19?,43-21+,51-42?. The minimum atomic E-state index is -0.644. The Morgan fingerprint density at radius 2 is 1.45 bits per heavy atom. The molecule has 302 valence electrons. The molecule has 2 heterocycles. The summed E-state index contributed by atoms with van der Waals surface area (Å²) in [4.78, 5) is 5.02. The summed E-state index contributed by atoms with van der Waals surface area (Å²) in [6.07, 6.45) is 19.3. The molecule has 0 bridgehead atoms. The van der Waals surface area contributed by atoms with Crippen LogP contribution in [0.2, 0.25) is 0 Å². The normalized spacial score (nSPS) is 16.2. The lowest BCUT2D eigenvalue weighted by Gasteiger charge is -2.28. The summed E-state index contributed by atoms with van der Waals surface area (Å²) in [5, 5.41) is 7.51. The Hall–Kier alpha value is -6.91. The van der Waals surface area contributed by atoms with Gasteiger partial charge in [-0.3, -0.25) is 10.3 Å². The van der Waals surface area contributed by atoms with Gasteiger partial charge in [-0.05, 0) is 134 Å². The van der Waals surface area contributed by atoms with E-state index in [1.165, 1.54) is 71.3 Å². The van der Waals surface area contributed by atoms with Crippen LogP contribution in [0.5, 0.6) is 0 Å². The van der Waals surface area contributed by atoms with Gasteiger partial charge in [0.1, 0.15) is 0 Å². The van der Waals surface area contributed by atoms with Crippen molar-refractivity contribution in [3.63, 3.8) is 0 Å². The van der Waals surface area contributed by atoms with Crippen LogP contribution in [0.15, 0.2) is 223 Å². The summed E-state index contributed by atoms with van der Waals surface area (Å²) in [5.41, 5.74) is 16.0. The van der Waals surface area contributed by atoms with E-state index in [0.717, 1.165) is 29.5 Å². The van der Waals surface area contributed by atoms with E-state index in [-0.39, 0.29) is 6.04 Å². The zero-order valence-electron chi connectivity index (χ0n) is 35.3. The number of nitrogens with one attached hydrogen (secondary N) is 1. The molecule has 1 aromatic heterocycles. The molecule has 9 rings (SSSR count). The van der Waals surface area contributed by atoms with E-state index in [4.69, 9.17) is 4.99 Å². The van der Waals surface area contributed by atoms with E-state index in [1.807, 2.05) is 19.1 Å². The summed E-state index contributed by atoms with van der Waals surface area (Å²) in [6, 6.07) is 59.3. The molecule has 1 aliphatic carbocycles. The number of allylic oxidation sites excluding steroid dienone is 9. The van der Waals surface area contributed by atoms with E-state index in [1.54, 1.807) is 11.3 Å². The van der Waals surface area contributed by atoms with Crippen molar-refractivity contribution in [2.24, 2.45) is 4.99 Å². The Kier molecular flexibility index (Phi) is 12.0. The van der Waals surface area contributed by atoms with Crippen molar-refractivity contribution in [2.45, 2.75) is 38.4 Å². The van der Waals surface area contributed by atoms with Gasteiger partial charge in [0, 0.05) is 16.5 Å². The van der Waals surface area contributed by atoms with Gasteiger partial charge in [0.2, 0.25) is 0 Å². The highest BCUT2D eigenvalue weighted by atomic mass is 32.1. The summed E-state index contributed by atoms with van der Waals surface area (Å²) in [5.74, 6) is 0. The topological polar surface area (TPSA) is 24.4 Å². The number of hydrogen-bond donors (Lipinski definition) is 1. The summed E-state index contributed by atoms with van der Waals surface area (Å²) in [7, 11) is 0. The fourth-order valence-electron chi connectivity index (χ4n) is 8.64. The number of benzene rings is 6. The highest BCUT2D eigenvalue weighted by Gasteiger charge is 2.43. The molecule has 2 atom stereocenters. The lowest BCUT2D eigenvalue weighted by Crippen LogP contribution is -2.37. The largest absolute Gasteiger partial charge is 0.274 e. The Bertz CT molecular complexity index is 2970.